The molecule has 112 valence electrons. The van der Waals surface area contributed by atoms with Gasteiger partial charge in [-0.05, 0) is 12.5 Å². The van der Waals surface area contributed by atoms with Crippen LogP contribution in [0.15, 0.2) is 12.3 Å². The largest absolute Gasteiger partial charge is 0.465 e. The Morgan fingerprint density at radius 2 is 2.15 bits per heavy atom. The molecule has 1 heterocycles. The molecule has 0 atom stereocenters. The Morgan fingerprint density at radius 1 is 1.50 bits per heavy atom. The molecule has 1 aromatic rings. The van der Waals surface area contributed by atoms with E-state index in [-0.39, 0.29) is 23.6 Å². The summed E-state index contributed by atoms with van der Waals surface area (Å²) in [5, 5.41) is 0. The van der Waals surface area contributed by atoms with Gasteiger partial charge in [0.2, 0.25) is 0 Å². The summed E-state index contributed by atoms with van der Waals surface area (Å²) >= 11 is 0. The third kappa shape index (κ3) is 4.29. The molecule has 0 spiro atoms. The minimum Gasteiger partial charge on any atom is -0.465 e. The summed E-state index contributed by atoms with van der Waals surface area (Å²) in [7, 11) is 1.14. The van der Waals surface area contributed by atoms with Crippen molar-refractivity contribution in [3.8, 4) is 0 Å². The highest BCUT2D eigenvalue weighted by atomic mass is 19.4. The molecule has 2 N–H and O–H groups in total. The number of carbonyl (C=O) groups excluding carboxylic acids is 1. The number of halogens is 3. The number of nitrogens with zero attached hydrogens (tertiary/aromatic N) is 2. The lowest BCUT2D eigenvalue weighted by atomic mass is 10.2. The zero-order valence-corrected chi connectivity index (χ0v) is 11.2. The molecule has 20 heavy (non-hydrogen) atoms. The SMILES string of the molecule is CCCN(CC(F)(F)F)c1ncc(N)cc1C(=O)OC. The van der Waals surface area contributed by atoms with E-state index in [9.17, 15) is 18.0 Å². The van der Waals surface area contributed by atoms with Crippen LogP contribution in [0.5, 0.6) is 0 Å². The van der Waals surface area contributed by atoms with Gasteiger partial charge in [0.05, 0.1) is 19.0 Å². The van der Waals surface area contributed by atoms with Gasteiger partial charge < -0.3 is 15.4 Å². The van der Waals surface area contributed by atoms with Gasteiger partial charge in [0.1, 0.15) is 17.9 Å². The molecule has 0 radical (unpaired) electrons. The van der Waals surface area contributed by atoms with E-state index in [4.69, 9.17) is 5.73 Å². The first-order valence-corrected chi connectivity index (χ1v) is 5.94. The van der Waals surface area contributed by atoms with Crippen molar-refractivity contribution in [3.05, 3.63) is 17.8 Å². The molecule has 0 aromatic carbocycles. The third-order valence-electron chi connectivity index (χ3n) is 2.46. The van der Waals surface area contributed by atoms with Crippen molar-refractivity contribution in [2.75, 3.05) is 30.8 Å². The van der Waals surface area contributed by atoms with Gasteiger partial charge in [0.15, 0.2) is 0 Å². The van der Waals surface area contributed by atoms with E-state index in [0.29, 0.717) is 6.42 Å². The van der Waals surface area contributed by atoms with Crippen molar-refractivity contribution in [3.63, 3.8) is 0 Å². The molecule has 0 aliphatic rings. The van der Waals surface area contributed by atoms with Gasteiger partial charge in [-0.15, -0.1) is 0 Å². The number of carbonyl (C=O) groups is 1. The van der Waals surface area contributed by atoms with Crippen LogP contribution in [0.1, 0.15) is 23.7 Å². The molecule has 1 rings (SSSR count). The van der Waals surface area contributed by atoms with Gasteiger partial charge in [-0.2, -0.15) is 13.2 Å². The summed E-state index contributed by atoms with van der Waals surface area (Å²) in [6, 6.07) is 1.26. The van der Waals surface area contributed by atoms with Gasteiger partial charge in [-0.1, -0.05) is 6.92 Å². The van der Waals surface area contributed by atoms with Gasteiger partial charge >= 0.3 is 12.1 Å². The lowest BCUT2D eigenvalue weighted by molar-refractivity contribution is -0.119. The monoisotopic (exact) mass is 291 g/mol. The summed E-state index contributed by atoms with van der Waals surface area (Å²) in [6.45, 7) is 0.653. The minimum absolute atomic E-state index is 0.0785. The molecule has 0 amide bonds. The van der Waals surface area contributed by atoms with Crippen molar-refractivity contribution < 1.29 is 22.7 Å². The van der Waals surface area contributed by atoms with Gasteiger partial charge in [0, 0.05) is 6.54 Å². The number of rotatable bonds is 5. The fraction of sp³-hybridized carbons (Fsp3) is 0.500. The predicted molar refractivity (Wildman–Crippen MR) is 68.5 cm³/mol. The number of esters is 1. The Kier molecular flexibility index (Phi) is 5.18. The van der Waals surface area contributed by atoms with Crippen molar-refractivity contribution in [2.24, 2.45) is 0 Å². The number of pyridine rings is 1. The van der Waals surface area contributed by atoms with Crippen molar-refractivity contribution in [2.45, 2.75) is 19.5 Å². The van der Waals surface area contributed by atoms with Crippen LogP contribution in [0.25, 0.3) is 0 Å². The van der Waals surface area contributed by atoms with E-state index in [2.05, 4.69) is 9.72 Å². The lowest BCUT2D eigenvalue weighted by Crippen LogP contribution is -2.36. The molecule has 8 heteroatoms. The standard InChI is InChI=1S/C12H16F3N3O2/c1-3-4-18(7-12(13,14)15)10-9(11(19)20-2)5-8(16)6-17-10/h5-6H,3-4,7,16H2,1-2H3. The number of hydrogen-bond acceptors (Lipinski definition) is 5. The van der Waals surface area contributed by atoms with Gasteiger partial charge in [-0.3, -0.25) is 0 Å². The summed E-state index contributed by atoms with van der Waals surface area (Å²) in [5.41, 5.74) is 5.61. The van der Waals surface area contributed by atoms with Crippen LogP contribution in [-0.4, -0.2) is 37.3 Å². The van der Waals surface area contributed by atoms with Crippen LogP contribution in [0, 0.1) is 0 Å². The highest BCUT2D eigenvalue weighted by Crippen LogP contribution is 2.25. The highest BCUT2D eigenvalue weighted by Gasteiger charge is 2.32. The first-order chi connectivity index (χ1) is 9.28. The maximum absolute atomic E-state index is 12.6. The first-order valence-electron chi connectivity index (χ1n) is 5.94. The average molecular weight is 291 g/mol. The average Bonchev–Trinajstić information content (AvgIpc) is 2.35. The van der Waals surface area contributed by atoms with E-state index in [1.807, 2.05) is 0 Å². The normalized spacial score (nSPS) is 11.2. The fourth-order valence-corrected chi connectivity index (χ4v) is 1.73. The van der Waals surface area contributed by atoms with Gasteiger partial charge in [-0.25, -0.2) is 9.78 Å². The second-order valence-corrected chi connectivity index (χ2v) is 4.17. The van der Waals surface area contributed by atoms with Crippen molar-refractivity contribution >= 4 is 17.5 Å². The molecule has 0 unspecified atom stereocenters. The number of nitrogen functional groups attached to an aromatic ring is 1. The molecule has 1 aromatic heterocycles. The smallest absolute Gasteiger partial charge is 0.405 e. The van der Waals surface area contributed by atoms with Crippen LogP contribution in [0.4, 0.5) is 24.7 Å². The van der Waals surface area contributed by atoms with Crippen LogP contribution < -0.4 is 10.6 Å². The first kappa shape index (κ1) is 16.1. The molecule has 0 fully saturated rings. The van der Waals surface area contributed by atoms with Crippen LogP contribution in [-0.2, 0) is 4.74 Å². The van der Waals surface area contributed by atoms with Crippen molar-refractivity contribution in [1.82, 2.24) is 4.98 Å². The number of ether oxygens (including phenoxy) is 1. The Labute approximate surface area is 114 Å². The van der Waals surface area contributed by atoms with Crippen LogP contribution in [0.3, 0.4) is 0 Å². The van der Waals surface area contributed by atoms with E-state index >= 15 is 0 Å². The number of nitrogens with two attached hydrogens (primary N) is 1. The van der Waals surface area contributed by atoms with Crippen LogP contribution in [0.2, 0.25) is 0 Å². The molecule has 0 aliphatic carbocycles. The lowest BCUT2D eigenvalue weighted by Gasteiger charge is -2.26. The number of anilines is 2. The van der Waals surface area contributed by atoms with E-state index in [1.165, 1.54) is 12.3 Å². The second kappa shape index (κ2) is 6.44. The van der Waals surface area contributed by atoms with E-state index in [0.717, 1.165) is 12.0 Å². The Bertz CT molecular complexity index is 478. The molecular weight excluding hydrogens is 275 g/mol. The topological polar surface area (TPSA) is 68.5 Å². The summed E-state index contributed by atoms with van der Waals surface area (Å²) in [4.78, 5) is 16.5. The third-order valence-corrected chi connectivity index (χ3v) is 2.46. The molecule has 0 saturated heterocycles. The Balaban J connectivity index is 3.21. The maximum Gasteiger partial charge on any atom is 0.405 e. The summed E-state index contributed by atoms with van der Waals surface area (Å²) < 4.78 is 42.3. The zero-order chi connectivity index (χ0) is 15.3. The number of alkyl halides is 3. The molecule has 0 aliphatic heterocycles. The minimum atomic E-state index is -4.40. The van der Waals surface area contributed by atoms with Gasteiger partial charge in [0.25, 0.3) is 0 Å². The number of aromatic nitrogens is 1. The molecule has 0 bridgehead atoms. The molecule has 0 saturated carbocycles. The maximum atomic E-state index is 12.6. The fourth-order valence-electron chi connectivity index (χ4n) is 1.73. The predicted octanol–water partition coefficient (Wildman–Crippen LogP) is 2.23. The van der Waals surface area contributed by atoms with Crippen LogP contribution >= 0.6 is 0 Å². The Morgan fingerprint density at radius 3 is 2.65 bits per heavy atom. The number of hydrogen-bond donors (Lipinski definition) is 1. The van der Waals surface area contributed by atoms with E-state index < -0.39 is 18.7 Å². The summed E-state index contributed by atoms with van der Waals surface area (Å²) in [6.07, 6.45) is -2.71. The highest BCUT2D eigenvalue weighted by molar-refractivity contribution is 5.95. The van der Waals surface area contributed by atoms with E-state index in [1.54, 1.807) is 6.92 Å². The Hall–Kier alpha value is -1.99. The number of methoxy groups -OCH3 is 1. The zero-order valence-electron chi connectivity index (χ0n) is 11.2. The second-order valence-electron chi connectivity index (χ2n) is 4.17. The van der Waals surface area contributed by atoms with Crippen molar-refractivity contribution in [1.29, 1.82) is 0 Å². The summed E-state index contributed by atoms with van der Waals surface area (Å²) in [5.74, 6) is -0.853. The molecular formula is C12H16F3N3O2. The quantitative estimate of drug-likeness (QED) is 0.842. The molecule has 5 nitrogen and oxygen atoms in total.